The minimum atomic E-state index is -0.280. The number of aliphatic hydroxyl groups is 1. The molecule has 0 saturated heterocycles. The summed E-state index contributed by atoms with van der Waals surface area (Å²) in [5.74, 6) is 0. The summed E-state index contributed by atoms with van der Waals surface area (Å²) < 4.78 is 1.10. The van der Waals surface area contributed by atoms with Crippen LogP contribution in [0.1, 0.15) is 16.9 Å². The first-order chi connectivity index (χ1) is 8.25. The van der Waals surface area contributed by atoms with Crippen LogP contribution in [0.5, 0.6) is 0 Å². The molecule has 17 heavy (non-hydrogen) atoms. The van der Waals surface area contributed by atoms with Gasteiger partial charge in [0.1, 0.15) is 0 Å². The number of nitrogens with zero attached hydrogens (tertiary/aromatic N) is 1. The first-order valence-corrected chi connectivity index (χ1v) is 7.22. The molecule has 90 valence electrons. The Morgan fingerprint density at radius 1 is 1.29 bits per heavy atom. The van der Waals surface area contributed by atoms with Crippen molar-refractivity contribution in [1.29, 1.82) is 0 Å². The molecule has 0 aliphatic heterocycles. The molecule has 2 aromatic rings. The van der Waals surface area contributed by atoms with Gasteiger partial charge < -0.3 is 5.11 Å². The maximum atomic E-state index is 9.98. The standard InChI is InChI=1S/C13H14BrNOS/c14-12-5-8-17-13(12)9-11(16)2-1-10-3-6-15-7-4-10/h3-8,11,16H,1-2,9H2. The van der Waals surface area contributed by atoms with E-state index < -0.39 is 0 Å². The quantitative estimate of drug-likeness (QED) is 0.917. The zero-order valence-electron chi connectivity index (χ0n) is 9.34. The minimum absolute atomic E-state index is 0.280. The van der Waals surface area contributed by atoms with Crippen LogP contribution in [0.2, 0.25) is 0 Å². The Bertz CT molecular complexity index is 457. The van der Waals surface area contributed by atoms with E-state index in [4.69, 9.17) is 0 Å². The Kier molecular flexibility index (Phi) is 4.71. The average molecular weight is 312 g/mol. The van der Waals surface area contributed by atoms with Gasteiger partial charge in [-0.15, -0.1) is 11.3 Å². The smallest absolute Gasteiger partial charge is 0.0592 e. The molecule has 0 aromatic carbocycles. The average Bonchev–Trinajstić information content (AvgIpc) is 2.74. The molecule has 4 heteroatoms. The number of halogens is 1. The first-order valence-electron chi connectivity index (χ1n) is 5.54. The van der Waals surface area contributed by atoms with Gasteiger partial charge in [0.05, 0.1) is 6.10 Å². The fourth-order valence-corrected chi connectivity index (χ4v) is 3.26. The highest BCUT2D eigenvalue weighted by atomic mass is 79.9. The maximum absolute atomic E-state index is 9.98. The summed E-state index contributed by atoms with van der Waals surface area (Å²) in [5.41, 5.74) is 1.23. The first kappa shape index (κ1) is 12.7. The summed E-state index contributed by atoms with van der Waals surface area (Å²) >= 11 is 5.16. The van der Waals surface area contributed by atoms with Crippen LogP contribution in [0, 0.1) is 0 Å². The van der Waals surface area contributed by atoms with Crippen molar-refractivity contribution in [2.75, 3.05) is 0 Å². The lowest BCUT2D eigenvalue weighted by molar-refractivity contribution is 0.166. The molecule has 0 fully saturated rings. The number of rotatable bonds is 5. The van der Waals surface area contributed by atoms with E-state index in [1.807, 2.05) is 23.6 Å². The van der Waals surface area contributed by atoms with Crippen LogP contribution in [0.4, 0.5) is 0 Å². The highest BCUT2D eigenvalue weighted by Crippen LogP contribution is 2.24. The van der Waals surface area contributed by atoms with Gasteiger partial charge in [0.15, 0.2) is 0 Å². The number of aryl methyl sites for hydroxylation is 1. The summed E-state index contributed by atoms with van der Waals surface area (Å²) in [5, 5.41) is 12.0. The molecular weight excluding hydrogens is 298 g/mol. The monoisotopic (exact) mass is 311 g/mol. The third-order valence-corrected chi connectivity index (χ3v) is 4.58. The van der Waals surface area contributed by atoms with Gasteiger partial charge in [-0.25, -0.2) is 0 Å². The zero-order chi connectivity index (χ0) is 12.1. The second-order valence-electron chi connectivity index (χ2n) is 3.94. The van der Waals surface area contributed by atoms with Crippen LogP contribution in [0.3, 0.4) is 0 Å². The highest BCUT2D eigenvalue weighted by Gasteiger charge is 2.09. The van der Waals surface area contributed by atoms with E-state index in [0.29, 0.717) is 0 Å². The van der Waals surface area contributed by atoms with E-state index in [9.17, 15) is 5.11 Å². The summed E-state index contributed by atoms with van der Waals surface area (Å²) in [7, 11) is 0. The van der Waals surface area contributed by atoms with Gasteiger partial charge in [0.25, 0.3) is 0 Å². The maximum Gasteiger partial charge on any atom is 0.0592 e. The molecule has 1 N–H and O–H groups in total. The Labute approximate surface area is 113 Å². The second kappa shape index (κ2) is 6.28. The van der Waals surface area contributed by atoms with Crippen molar-refractivity contribution >= 4 is 27.3 Å². The van der Waals surface area contributed by atoms with Crippen LogP contribution in [-0.4, -0.2) is 16.2 Å². The molecule has 0 spiro atoms. The molecule has 0 aliphatic rings. The van der Waals surface area contributed by atoms with Crippen LogP contribution in [0.15, 0.2) is 40.4 Å². The van der Waals surface area contributed by atoms with Gasteiger partial charge >= 0.3 is 0 Å². The summed E-state index contributed by atoms with van der Waals surface area (Å²) in [6.45, 7) is 0. The van der Waals surface area contributed by atoms with Crippen molar-refractivity contribution in [2.24, 2.45) is 0 Å². The lowest BCUT2D eigenvalue weighted by Gasteiger charge is -2.09. The van der Waals surface area contributed by atoms with E-state index in [0.717, 1.165) is 23.7 Å². The third-order valence-electron chi connectivity index (χ3n) is 2.63. The number of hydrogen-bond donors (Lipinski definition) is 1. The number of pyridine rings is 1. The molecule has 2 nitrogen and oxygen atoms in total. The van der Waals surface area contributed by atoms with Crippen LogP contribution in [0.25, 0.3) is 0 Å². The molecule has 2 aromatic heterocycles. The number of aromatic nitrogens is 1. The Morgan fingerprint density at radius 2 is 2.06 bits per heavy atom. The predicted molar refractivity (Wildman–Crippen MR) is 74.3 cm³/mol. The van der Waals surface area contributed by atoms with E-state index >= 15 is 0 Å². The molecular formula is C13H14BrNOS. The van der Waals surface area contributed by atoms with Gasteiger partial charge in [0, 0.05) is 28.2 Å². The number of thiophene rings is 1. The SMILES string of the molecule is OC(CCc1ccncc1)Cc1sccc1Br. The van der Waals surface area contributed by atoms with E-state index in [2.05, 4.69) is 20.9 Å². The number of aliphatic hydroxyl groups excluding tert-OH is 1. The van der Waals surface area contributed by atoms with Crippen molar-refractivity contribution in [3.8, 4) is 0 Å². The fraction of sp³-hybridized carbons (Fsp3) is 0.308. The normalized spacial score (nSPS) is 12.6. The van der Waals surface area contributed by atoms with Gasteiger partial charge in [-0.1, -0.05) is 0 Å². The zero-order valence-corrected chi connectivity index (χ0v) is 11.7. The summed E-state index contributed by atoms with van der Waals surface area (Å²) in [4.78, 5) is 5.19. The third kappa shape index (κ3) is 3.91. The van der Waals surface area contributed by atoms with Crippen LogP contribution in [-0.2, 0) is 12.8 Å². The van der Waals surface area contributed by atoms with Gasteiger partial charge in [0.2, 0.25) is 0 Å². The largest absolute Gasteiger partial charge is 0.393 e. The summed E-state index contributed by atoms with van der Waals surface area (Å²) in [6, 6.07) is 6.01. The number of hydrogen-bond acceptors (Lipinski definition) is 3. The molecule has 0 radical (unpaired) electrons. The van der Waals surface area contributed by atoms with E-state index in [-0.39, 0.29) is 6.10 Å². The molecule has 2 rings (SSSR count). The molecule has 0 saturated carbocycles. The molecule has 0 amide bonds. The molecule has 2 heterocycles. The van der Waals surface area contributed by atoms with Crippen LogP contribution < -0.4 is 0 Å². The van der Waals surface area contributed by atoms with Crippen molar-refractivity contribution in [3.63, 3.8) is 0 Å². The van der Waals surface area contributed by atoms with Crippen molar-refractivity contribution in [3.05, 3.63) is 50.9 Å². The second-order valence-corrected chi connectivity index (χ2v) is 5.80. The molecule has 1 unspecified atom stereocenters. The molecule has 1 atom stereocenters. The predicted octanol–water partition coefficient (Wildman–Crippen LogP) is 3.44. The van der Waals surface area contributed by atoms with E-state index in [1.165, 1.54) is 10.4 Å². The van der Waals surface area contributed by atoms with Crippen molar-refractivity contribution < 1.29 is 5.11 Å². The molecule has 0 aliphatic carbocycles. The van der Waals surface area contributed by atoms with E-state index in [1.54, 1.807) is 23.7 Å². The van der Waals surface area contributed by atoms with Crippen molar-refractivity contribution in [2.45, 2.75) is 25.4 Å². The fourth-order valence-electron chi connectivity index (χ4n) is 1.67. The Balaban J connectivity index is 1.82. The lowest BCUT2D eigenvalue weighted by atomic mass is 10.1. The van der Waals surface area contributed by atoms with Gasteiger partial charge in [-0.3, -0.25) is 4.98 Å². The minimum Gasteiger partial charge on any atom is -0.393 e. The topological polar surface area (TPSA) is 33.1 Å². The Morgan fingerprint density at radius 3 is 2.71 bits per heavy atom. The van der Waals surface area contributed by atoms with Gasteiger partial charge in [-0.05, 0) is 57.9 Å². The Hall–Kier alpha value is -0.710. The van der Waals surface area contributed by atoms with Gasteiger partial charge in [-0.2, -0.15) is 0 Å². The van der Waals surface area contributed by atoms with Crippen molar-refractivity contribution in [1.82, 2.24) is 4.98 Å². The summed E-state index contributed by atoms with van der Waals surface area (Å²) in [6.07, 6.45) is 5.71. The van der Waals surface area contributed by atoms with Crippen LogP contribution >= 0.6 is 27.3 Å². The highest BCUT2D eigenvalue weighted by molar-refractivity contribution is 9.10. The molecule has 0 bridgehead atoms. The lowest BCUT2D eigenvalue weighted by Crippen LogP contribution is -2.11.